The average molecular weight is 687 g/mol. The molecule has 0 aliphatic carbocycles. The summed E-state index contributed by atoms with van der Waals surface area (Å²) in [5.74, 6) is -0.183. The van der Waals surface area contributed by atoms with Crippen molar-refractivity contribution in [3.63, 3.8) is 0 Å². The molecule has 5 unspecified atom stereocenters. The van der Waals surface area contributed by atoms with Crippen LogP contribution in [-0.4, -0.2) is 111 Å². The van der Waals surface area contributed by atoms with Gasteiger partial charge in [0.15, 0.2) is 35.1 Å². The Labute approximate surface area is 256 Å². The summed E-state index contributed by atoms with van der Waals surface area (Å²) in [6.07, 6.45) is -8.22. The van der Waals surface area contributed by atoms with Crippen molar-refractivity contribution < 1.29 is 51.8 Å². The zero-order chi connectivity index (χ0) is 32.5. The zero-order valence-electron chi connectivity index (χ0n) is 23.5. The molecule has 4 aromatic rings. The molecule has 2 bridgehead atoms. The molecule has 10 atom stereocenters. The van der Waals surface area contributed by atoms with Crippen LogP contribution in [0, 0.1) is 0 Å². The summed E-state index contributed by atoms with van der Waals surface area (Å²) < 4.78 is 63.4. The van der Waals surface area contributed by atoms with Gasteiger partial charge in [0.25, 0.3) is 5.56 Å². The highest BCUT2D eigenvalue weighted by Gasteiger charge is 2.54. The Balaban J connectivity index is 1.22. The molecule has 0 amide bonds. The number of aliphatic hydroxyl groups excluding tert-OH is 2. The second kappa shape index (κ2) is 11.4. The highest BCUT2D eigenvalue weighted by molar-refractivity contribution is 7.51. The summed E-state index contributed by atoms with van der Waals surface area (Å²) in [5.41, 5.74) is 11.1. The highest BCUT2D eigenvalue weighted by Crippen LogP contribution is 2.53. The third-order valence-corrected chi connectivity index (χ3v) is 10.2. The number of rotatable bonds is 3. The molecule has 25 heteroatoms. The first kappa shape index (κ1) is 31.2. The van der Waals surface area contributed by atoms with Crippen LogP contribution >= 0.6 is 15.6 Å². The first-order valence-electron chi connectivity index (χ1n) is 13.5. The normalized spacial score (nSPS) is 37.1. The number of nitrogens with one attached hydrogen (secondary N) is 2. The van der Waals surface area contributed by atoms with E-state index in [1.165, 1.54) is 28.8 Å². The molecule has 23 nitrogen and oxygen atoms in total. The van der Waals surface area contributed by atoms with Crippen molar-refractivity contribution in [2.45, 2.75) is 49.1 Å². The van der Waals surface area contributed by atoms with Crippen molar-refractivity contribution in [3.8, 4) is 0 Å². The van der Waals surface area contributed by atoms with E-state index < -0.39 is 83.4 Å². The molecular formula is C21H27N11O12P2. The fraction of sp³-hybridized carbons (Fsp3) is 0.524. The number of phosphoric ester groups is 1. The summed E-state index contributed by atoms with van der Waals surface area (Å²) >= 11 is 0. The van der Waals surface area contributed by atoms with E-state index in [1.54, 1.807) is 0 Å². The van der Waals surface area contributed by atoms with Gasteiger partial charge < -0.3 is 36.0 Å². The number of fused-ring (bicyclic) bond motifs is 5. The molecule has 4 aromatic heterocycles. The predicted molar refractivity (Wildman–Crippen MR) is 150 cm³/mol. The fourth-order valence-corrected chi connectivity index (χ4v) is 7.58. The van der Waals surface area contributed by atoms with Gasteiger partial charge in [-0.2, -0.15) is 4.98 Å². The quantitative estimate of drug-likeness (QED) is 0.113. The number of anilines is 2. The van der Waals surface area contributed by atoms with Crippen LogP contribution in [0.4, 0.5) is 11.8 Å². The molecule has 0 radical (unpaired) electrons. The minimum absolute atomic E-state index is 0.0609. The number of nitrogen functional groups attached to an aromatic ring is 2. The van der Waals surface area contributed by atoms with E-state index in [1.807, 2.05) is 0 Å². The van der Waals surface area contributed by atoms with Crippen LogP contribution in [0.5, 0.6) is 0 Å². The molecule has 9 N–H and O–H groups in total. The summed E-state index contributed by atoms with van der Waals surface area (Å²) in [4.78, 5) is 45.5. The van der Waals surface area contributed by atoms with Gasteiger partial charge in [0, 0.05) is 0 Å². The third kappa shape index (κ3) is 5.29. The number of imidazole rings is 2. The van der Waals surface area contributed by atoms with Crippen molar-refractivity contribution in [3.05, 3.63) is 29.3 Å². The number of ether oxygens (including phenoxy) is 2. The zero-order valence-corrected chi connectivity index (χ0v) is 25.2. The van der Waals surface area contributed by atoms with Gasteiger partial charge in [0.2, 0.25) is 5.95 Å². The Kier molecular flexibility index (Phi) is 7.70. The molecular weight excluding hydrogens is 660 g/mol. The van der Waals surface area contributed by atoms with Gasteiger partial charge in [-0.05, 0) is 7.05 Å². The Morgan fingerprint density at radius 2 is 1.61 bits per heavy atom. The molecule has 0 spiro atoms. The molecule has 0 saturated carbocycles. The topological polar surface area (TPSA) is 321 Å². The molecule has 3 aliphatic heterocycles. The molecule has 3 fully saturated rings. The van der Waals surface area contributed by atoms with Gasteiger partial charge in [-0.1, -0.05) is 0 Å². The number of nitrogens with two attached hydrogens (primary N) is 2. The molecule has 3 saturated heterocycles. The number of phosphoric acid groups is 1. The van der Waals surface area contributed by atoms with Crippen molar-refractivity contribution in [2.75, 3.05) is 31.7 Å². The van der Waals surface area contributed by atoms with Crippen LogP contribution in [0.2, 0.25) is 0 Å². The second-order valence-corrected chi connectivity index (χ2v) is 13.7. The van der Waals surface area contributed by atoms with E-state index in [-0.39, 0.29) is 34.1 Å². The Morgan fingerprint density at radius 1 is 0.913 bits per heavy atom. The molecule has 7 rings (SSSR count). The molecule has 46 heavy (non-hydrogen) atoms. The molecule has 3 aliphatic rings. The standard InChI is InChI=1S/C21H27N11O12P2/c1-24-45(36)39-3-8-13(12(34)19(42-8)31-5-27-9-15(22)25-4-26-16(9)31)44-46(37,38)40-2-7-11(33)14(43-45)20(41-7)32-6-28-10-17(32)29-21(23)30-18(10)35/h4-8,11-14,19-20,33-34H,2-3H2,1H3,(H,24,36)(H,37,38)(H2,22,25,26)(H3,23,29,30,35)/t7-,8-,11?,12+,13?,14?,19-,20-,45?/m1/s1. The number of hydrogen-bond acceptors (Lipinski definition) is 18. The molecule has 7 heterocycles. The van der Waals surface area contributed by atoms with Crippen LogP contribution in [0.1, 0.15) is 12.5 Å². The molecule has 0 aromatic carbocycles. The molecule has 248 valence electrons. The maximum Gasteiger partial charge on any atom is 0.472 e. The van der Waals surface area contributed by atoms with Crippen LogP contribution in [-0.2, 0) is 36.7 Å². The summed E-state index contributed by atoms with van der Waals surface area (Å²) in [6, 6.07) is 0. The maximum absolute atomic E-state index is 13.9. The second-order valence-electron chi connectivity index (χ2n) is 10.4. The number of hydrogen-bond donors (Lipinski definition) is 7. The first-order chi connectivity index (χ1) is 21.9. The van der Waals surface area contributed by atoms with Crippen LogP contribution < -0.4 is 22.1 Å². The predicted octanol–water partition coefficient (Wildman–Crippen LogP) is -2.11. The number of nitrogens with zero attached hydrogens (tertiary/aromatic N) is 7. The van der Waals surface area contributed by atoms with E-state index in [4.69, 9.17) is 39.0 Å². The monoisotopic (exact) mass is 687 g/mol. The van der Waals surface area contributed by atoms with Gasteiger partial charge in [-0.25, -0.2) is 34.2 Å². The summed E-state index contributed by atoms with van der Waals surface area (Å²) in [6.45, 7) is -1.39. The number of aromatic amines is 1. The van der Waals surface area contributed by atoms with Crippen LogP contribution in [0.15, 0.2) is 23.8 Å². The summed E-state index contributed by atoms with van der Waals surface area (Å²) in [5, 5.41) is 24.8. The van der Waals surface area contributed by atoms with Crippen molar-refractivity contribution in [1.29, 1.82) is 0 Å². The largest absolute Gasteiger partial charge is 0.472 e. The first-order valence-corrected chi connectivity index (χ1v) is 16.5. The lowest BCUT2D eigenvalue weighted by Gasteiger charge is -2.27. The number of aliphatic hydroxyl groups is 2. The minimum Gasteiger partial charge on any atom is -0.387 e. The Bertz CT molecular complexity index is 1950. The highest BCUT2D eigenvalue weighted by atomic mass is 31.2. The summed E-state index contributed by atoms with van der Waals surface area (Å²) in [7, 11) is -8.14. The van der Waals surface area contributed by atoms with E-state index in [9.17, 15) is 29.0 Å². The van der Waals surface area contributed by atoms with Gasteiger partial charge >= 0.3 is 15.6 Å². The Hall–Kier alpha value is -3.44. The number of aromatic nitrogens is 8. The third-order valence-electron chi connectivity index (χ3n) is 7.61. The van der Waals surface area contributed by atoms with Gasteiger partial charge in [0.05, 0.1) is 25.9 Å². The lowest BCUT2D eigenvalue weighted by Crippen LogP contribution is -2.37. The van der Waals surface area contributed by atoms with Crippen molar-refractivity contribution in [1.82, 2.24) is 44.1 Å². The lowest BCUT2D eigenvalue weighted by molar-refractivity contribution is -0.0636. The van der Waals surface area contributed by atoms with E-state index in [0.29, 0.717) is 0 Å². The maximum atomic E-state index is 13.9. The average Bonchev–Trinajstić information content (AvgIpc) is 3.77. The van der Waals surface area contributed by atoms with Gasteiger partial charge in [0.1, 0.15) is 48.5 Å². The fourth-order valence-electron chi connectivity index (χ4n) is 5.42. The van der Waals surface area contributed by atoms with Gasteiger partial charge in [-0.15, -0.1) is 0 Å². The van der Waals surface area contributed by atoms with Crippen LogP contribution in [0.25, 0.3) is 22.3 Å². The SMILES string of the molecule is CNP1(=O)OC[C@H]2O[C@@H](n3cnc4c(N)ncnc43)[C@@H](O)C2OP(=O)(O)OC[C@H]2O[C@@H](n3cnc4c(=O)[nH]c(N)nc43)C(O1)C2O. The van der Waals surface area contributed by atoms with E-state index in [0.717, 1.165) is 6.33 Å². The van der Waals surface area contributed by atoms with Crippen molar-refractivity contribution >= 4 is 49.7 Å². The number of H-pyrrole nitrogens is 1. The smallest absolute Gasteiger partial charge is 0.387 e. The van der Waals surface area contributed by atoms with Crippen LogP contribution in [0.3, 0.4) is 0 Å². The van der Waals surface area contributed by atoms with Gasteiger partial charge in [-0.3, -0.25) is 37.0 Å². The van der Waals surface area contributed by atoms with E-state index >= 15 is 0 Å². The van der Waals surface area contributed by atoms with E-state index in [2.05, 4.69) is 35.0 Å². The lowest BCUT2D eigenvalue weighted by atomic mass is 10.1. The minimum atomic E-state index is -5.02. The van der Waals surface area contributed by atoms with Crippen molar-refractivity contribution in [2.24, 2.45) is 0 Å². The Morgan fingerprint density at radius 3 is 2.37 bits per heavy atom.